The van der Waals surface area contributed by atoms with Crippen LogP contribution in [0, 0.1) is 11.3 Å². The van der Waals surface area contributed by atoms with Crippen LogP contribution in [0.2, 0.25) is 0 Å². The SMILES string of the molecule is CC1(C)c2ccccc2-c2ccc(N(c3ccc(C#N)cc3)c3ccc(-c4ccc5c(c4)c4c6ccccc6ccc4n5-c4ccccc4)cc3)cc21. The van der Waals surface area contributed by atoms with Gasteiger partial charge in [-0.1, -0.05) is 111 Å². The molecule has 9 aromatic rings. The predicted molar refractivity (Wildman–Crippen MR) is 221 cm³/mol. The molecule has 0 saturated heterocycles. The number of fused-ring (bicyclic) bond motifs is 8. The maximum atomic E-state index is 9.56. The quantitative estimate of drug-likeness (QED) is 0.182. The van der Waals surface area contributed by atoms with Gasteiger partial charge in [-0.15, -0.1) is 0 Å². The zero-order chi connectivity index (χ0) is 35.7. The van der Waals surface area contributed by atoms with Crippen LogP contribution in [0.4, 0.5) is 17.1 Å². The Labute approximate surface area is 309 Å². The smallest absolute Gasteiger partial charge is 0.0991 e. The summed E-state index contributed by atoms with van der Waals surface area (Å²) in [5.41, 5.74) is 14.8. The summed E-state index contributed by atoms with van der Waals surface area (Å²) >= 11 is 0. The molecule has 0 aliphatic heterocycles. The van der Waals surface area contributed by atoms with Crippen LogP contribution in [0.1, 0.15) is 30.5 Å². The molecule has 1 aliphatic rings. The number of rotatable bonds is 5. The number of para-hydroxylation sites is 1. The van der Waals surface area contributed by atoms with E-state index in [9.17, 15) is 5.26 Å². The fraction of sp³-hybridized carbons (Fsp3) is 0.0600. The van der Waals surface area contributed by atoms with Gasteiger partial charge in [0.05, 0.1) is 22.7 Å². The second-order valence-corrected chi connectivity index (χ2v) is 14.5. The Morgan fingerprint density at radius 1 is 0.509 bits per heavy atom. The van der Waals surface area contributed by atoms with Gasteiger partial charge in [-0.2, -0.15) is 5.26 Å². The van der Waals surface area contributed by atoms with Gasteiger partial charge in [-0.3, -0.25) is 0 Å². The fourth-order valence-corrected chi connectivity index (χ4v) is 8.59. The van der Waals surface area contributed by atoms with E-state index in [2.05, 4.69) is 181 Å². The number of hydrogen-bond donors (Lipinski definition) is 0. The van der Waals surface area contributed by atoms with Gasteiger partial charge in [0.25, 0.3) is 0 Å². The Morgan fingerprint density at radius 3 is 1.94 bits per heavy atom. The zero-order valence-electron chi connectivity index (χ0n) is 29.6. The van der Waals surface area contributed by atoms with Crippen LogP contribution in [-0.4, -0.2) is 4.57 Å². The zero-order valence-corrected chi connectivity index (χ0v) is 29.6. The summed E-state index contributed by atoms with van der Waals surface area (Å²) in [6, 6.07) is 65.4. The van der Waals surface area contributed by atoms with Crippen molar-refractivity contribution in [3.8, 4) is 34.0 Å². The molecule has 0 atom stereocenters. The van der Waals surface area contributed by atoms with Crippen LogP contribution >= 0.6 is 0 Å². The second-order valence-electron chi connectivity index (χ2n) is 14.5. The highest BCUT2D eigenvalue weighted by molar-refractivity contribution is 6.21. The average Bonchev–Trinajstić information content (AvgIpc) is 3.67. The van der Waals surface area contributed by atoms with Gasteiger partial charge < -0.3 is 9.47 Å². The molecule has 0 fully saturated rings. The fourth-order valence-electron chi connectivity index (χ4n) is 8.59. The first-order valence-corrected chi connectivity index (χ1v) is 18.2. The number of nitrogens with zero attached hydrogens (tertiary/aromatic N) is 3. The molecule has 1 aromatic heterocycles. The van der Waals surface area contributed by atoms with Crippen LogP contribution in [0.3, 0.4) is 0 Å². The first-order chi connectivity index (χ1) is 26.0. The van der Waals surface area contributed by atoms with Crippen molar-refractivity contribution in [3.05, 3.63) is 193 Å². The molecular formula is C50H35N3. The minimum Gasteiger partial charge on any atom is -0.310 e. The number of aromatic nitrogens is 1. The van der Waals surface area contributed by atoms with Crippen LogP contribution in [-0.2, 0) is 5.41 Å². The molecular weight excluding hydrogens is 643 g/mol. The summed E-state index contributed by atoms with van der Waals surface area (Å²) in [5, 5.41) is 14.6. The van der Waals surface area contributed by atoms with E-state index in [-0.39, 0.29) is 5.41 Å². The van der Waals surface area contributed by atoms with E-state index in [1.807, 2.05) is 24.3 Å². The molecule has 1 heterocycles. The number of hydrogen-bond acceptors (Lipinski definition) is 2. The third-order valence-electron chi connectivity index (χ3n) is 11.2. The van der Waals surface area contributed by atoms with E-state index in [1.54, 1.807) is 0 Å². The molecule has 0 unspecified atom stereocenters. The molecule has 0 radical (unpaired) electrons. The number of nitriles is 1. The molecule has 250 valence electrons. The van der Waals surface area contributed by atoms with Crippen molar-refractivity contribution in [2.75, 3.05) is 4.90 Å². The molecule has 0 amide bonds. The second kappa shape index (κ2) is 11.8. The molecule has 3 nitrogen and oxygen atoms in total. The Hall–Kier alpha value is -6.89. The molecule has 8 aromatic carbocycles. The molecule has 0 saturated carbocycles. The van der Waals surface area contributed by atoms with E-state index in [0.29, 0.717) is 5.56 Å². The van der Waals surface area contributed by atoms with Crippen molar-refractivity contribution in [1.82, 2.24) is 4.57 Å². The van der Waals surface area contributed by atoms with E-state index < -0.39 is 0 Å². The van der Waals surface area contributed by atoms with Gasteiger partial charge >= 0.3 is 0 Å². The van der Waals surface area contributed by atoms with E-state index in [4.69, 9.17) is 0 Å². The maximum absolute atomic E-state index is 9.56. The van der Waals surface area contributed by atoms with E-state index in [0.717, 1.165) is 28.3 Å². The summed E-state index contributed by atoms with van der Waals surface area (Å²) in [7, 11) is 0. The normalized spacial score (nSPS) is 12.8. The van der Waals surface area contributed by atoms with Crippen molar-refractivity contribution < 1.29 is 0 Å². The lowest BCUT2D eigenvalue weighted by Gasteiger charge is -2.28. The highest BCUT2D eigenvalue weighted by Gasteiger charge is 2.35. The topological polar surface area (TPSA) is 32.0 Å². The predicted octanol–water partition coefficient (Wildman–Crippen LogP) is 13.3. The van der Waals surface area contributed by atoms with Crippen molar-refractivity contribution in [3.63, 3.8) is 0 Å². The van der Waals surface area contributed by atoms with Gasteiger partial charge in [-0.05, 0) is 123 Å². The first kappa shape index (κ1) is 30.9. The van der Waals surface area contributed by atoms with Crippen molar-refractivity contribution >= 4 is 49.6 Å². The lowest BCUT2D eigenvalue weighted by molar-refractivity contribution is 0.660. The van der Waals surface area contributed by atoms with Crippen LogP contribution in [0.25, 0.3) is 60.5 Å². The summed E-state index contributed by atoms with van der Waals surface area (Å²) in [5.74, 6) is 0. The summed E-state index contributed by atoms with van der Waals surface area (Å²) in [4.78, 5) is 2.30. The van der Waals surface area contributed by atoms with Gasteiger partial charge in [0.15, 0.2) is 0 Å². The summed E-state index contributed by atoms with van der Waals surface area (Å²) in [6.45, 7) is 4.64. The summed E-state index contributed by atoms with van der Waals surface area (Å²) < 4.78 is 2.38. The Morgan fingerprint density at radius 2 is 1.15 bits per heavy atom. The van der Waals surface area contributed by atoms with Crippen molar-refractivity contribution in [2.45, 2.75) is 19.3 Å². The molecule has 53 heavy (non-hydrogen) atoms. The van der Waals surface area contributed by atoms with Gasteiger partial charge in [-0.25, -0.2) is 0 Å². The third-order valence-corrected chi connectivity index (χ3v) is 11.2. The standard InChI is InChI=1S/C50H35N3/c1-50(2)45-15-9-8-14-42(45)43-27-26-40(31-46(43)50)52(38-22-16-33(32-51)17-23-38)39-24-18-34(19-25-39)36-21-28-47-44(30-36)49-41-13-7-6-10-35(41)20-29-48(49)53(47)37-11-4-3-5-12-37/h3-31H,1-2H3. The van der Waals surface area contributed by atoms with Gasteiger partial charge in [0, 0.05) is 38.9 Å². The summed E-state index contributed by atoms with van der Waals surface area (Å²) in [6.07, 6.45) is 0. The van der Waals surface area contributed by atoms with Gasteiger partial charge in [0.2, 0.25) is 0 Å². The maximum Gasteiger partial charge on any atom is 0.0991 e. The molecule has 3 heteroatoms. The van der Waals surface area contributed by atoms with Gasteiger partial charge in [0.1, 0.15) is 0 Å². The highest BCUT2D eigenvalue weighted by Crippen LogP contribution is 2.50. The monoisotopic (exact) mass is 677 g/mol. The van der Waals surface area contributed by atoms with E-state index in [1.165, 1.54) is 60.4 Å². The Balaban J connectivity index is 1.10. The largest absolute Gasteiger partial charge is 0.310 e. The first-order valence-electron chi connectivity index (χ1n) is 18.2. The molecule has 0 bridgehead atoms. The third kappa shape index (κ3) is 4.80. The number of anilines is 3. The minimum atomic E-state index is -0.115. The number of benzene rings is 8. The Bertz CT molecular complexity index is 2910. The molecule has 10 rings (SSSR count). The molecule has 1 aliphatic carbocycles. The Kier molecular flexibility index (Phi) is 6.90. The van der Waals surface area contributed by atoms with Crippen LogP contribution < -0.4 is 4.90 Å². The molecule has 0 N–H and O–H groups in total. The highest BCUT2D eigenvalue weighted by atomic mass is 15.1. The van der Waals surface area contributed by atoms with Crippen molar-refractivity contribution in [1.29, 1.82) is 5.26 Å². The average molecular weight is 678 g/mol. The van der Waals surface area contributed by atoms with Crippen molar-refractivity contribution in [2.24, 2.45) is 0 Å². The minimum absolute atomic E-state index is 0.115. The lowest BCUT2D eigenvalue weighted by atomic mass is 9.82. The van der Waals surface area contributed by atoms with Crippen LogP contribution in [0.15, 0.2) is 176 Å². The van der Waals surface area contributed by atoms with E-state index >= 15 is 0 Å². The molecule has 0 spiro atoms. The van der Waals surface area contributed by atoms with Crippen LogP contribution in [0.5, 0.6) is 0 Å². The lowest BCUT2D eigenvalue weighted by Crippen LogP contribution is -2.16.